The van der Waals surface area contributed by atoms with E-state index < -0.39 is 10.0 Å². The van der Waals surface area contributed by atoms with Crippen molar-refractivity contribution in [1.82, 2.24) is 9.62 Å². The molecule has 116 valence electrons. The zero-order valence-corrected chi connectivity index (χ0v) is 13.2. The van der Waals surface area contributed by atoms with Gasteiger partial charge in [0.2, 0.25) is 10.0 Å². The predicted octanol–water partition coefficient (Wildman–Crippen LogP) is 1.27. The van der Waals surface area contributed by atoms with E-state index in [9.17, 15) is 8.42 Å². The van der Waals surface area contributed by atoms with Crippen LogP contribution in [0.25, 0.3) is 0 Å². The lowest BCUT2D eigenvalue weighted by atomic mass is 10.0. The Bertz CT molecular complexity index is 615. The van der Waals surface area contributed by atoms with Crippen LogP contribution in [0.15, 0.2) is 23.1 Å². The van der Waals surface area contributed by atoms with Crippen molar-refractivity contribution < 1.29 is 8.42 Å². The Hall–Kier alpha value is -1.11. The van der Waals surface area contributed by atoms with Gasteiger partial charge in [-0.15, -0.1) is 0 Å². The van der Waals surface area contributed by atoms with Gasteiger partial charge in [0.05, 0.1) is 4.90 Å². The molecule has 3 rings (SSSR count). The second kappa shape index (κ2) is 5.94. The Kier molecular flexibility index (Phi) is 4.19. The molecule has 0 bridgehead atoms. The van der Waals surface area contributed by atoms with Crippen molar-refractivity contribution in [2.24, 2.45) is 5.92 Å². The summed E-state index contributed by atoms with van der Waals surface area (Å²) in [5, 5.41) is 3.30. The summed E-state index contributed by atoms with van der Waals surface area (Å²) in [4.78, 5) is 2.63. The normalized spacial score (nSPS) is 22.8. The Morgan fingerprint density at radius 3 is 3.05 bits per heavy atom. The summed E-state index contributed by atoms with van der Waals surface area (Å²) < 4.78 is 27.6. The van der Waals surface area contributed by atoms with E-state index in [1.165, 1.54) is 0 Å². The number of hydrogen-bond donors (Lipinski definition) is 2. The second-order valence-electron chi connectivity index (χ2n) is 6.12. The number of nitrogens with zero attached hydrogens (tertiary/aromatic N) is 1. The zero-order valence-electron chi connectivity index (χ0n) is 12.4. The molecule has 2 heterocycles. The van der Waals surface area contributed by atoms with Crippen LogP contribution in [0.5, 0.6) is 0 Å². The van der Waals surface area contributed by atoms with E-state index in [1.54, 1.807) is 6.07 Å². The summed E-state index contributed by atoms with van der Waals surface area (Å²) in [5.74, 6) is 0.420. The van der Waals surface area contributed by atoms with Crippen LogP contribution in [0.3, 0.4) is 0 Å². The highest BCUT2D eigenvalue weighted by Gasteiger charge is 2.23. The quantitative estimate of drug-likeness (QED) is 0.879. The van der Waals surface area contributed by atoms with Crippen LogP contribution in [0.2, 0.25) is 0 Å². The van der Waals surface area contributed by atoms with Crippen molar-refractivity contribution in [2.75, 3.05) is 38.5 Å². The van der Waals surface area contributed by atoms with Crippen molar-refractivity contribution >= 4 is 15.7 Å². The molecule has 1 aromatic carbocycles. The van der Waals surface area contributed by atoms with Gasteiger partial charge in [-0.3, -0.25) is 0 Å². The fraction of sp³-hybridized carbons (Fsp3) is 0.600. The third-order valence-electron chi connectivity index (χ3n) is 4.38. The van der Waals surface area contributed by atoms with E-state index in [4.69, 9.17) is 0 Å². The third kappa shape index (κ3) is 3.39. The molecule has 0 saturated carbocycles. The highest BCUT2D eigenvalue weighted by molar-refractivity contribution is 7.89. The van der Waals surface area contributed by atoms with Gasteiger partial charge in [-0.25, -0.2) is 13.1 Å². The maximum atomic E-state index is 12.4. The van der Waals surface area contributed by atoms with Crippen molar-refractivity contribution in [2.45, 2.75) is 24.2 Å². The molecule has 0 aliphatic carbocycles. The van der Waals surface area contributed by atoms with E-state index in [1.807, 2.05) is 12.1 Å². The Morgan fingerprint density at radius 2 is 2.29 bits per heavy atom. The fourth-order valence-electron chi connectivity index (χ4n) is 3.12. The van der Waals surface area contributed by atoms with Gasteiger partial charge in [0, 0.05) is 25.3 Å². The van der Waals surface area contributed by atoms with E-state index in [2.05, 4.69) is 22.0 Å². The molecule has 1 aromatic rings. The molecule has 0 radical (unpaired) electrons. The Labute approximate surface area is 126 Å². The Balaban J connectivity index is 1.69. The lowest BCUT2D eigenvalue weighted by Gasteiger charge is -2.19. The number of nitrogens with one attached hydrogen (secondary N) is 2. The van der Waals surface area contributed by atoms with Crippen molar-refractivity contribution in [1.29, 1.82) is 0 Å². The summed E-state index contributed by atoms with van der Waals surface area (Å²) in [6.45, 7) is 3.52. The standard InChI is InChI=1S/C15H23N3O2S/c1-18-8-6-12(11-18)10-17-21(19,20)14-4-5-15-13(9-14)3-2-7-16-15/h4-5,9,12,16-17H,2-3,6-8,10-11H2,1H3. The average Bonchev–Trinajstić information content (AvgIpc) is 2.90. The monoisotopic (exact) mass is 309 g/mol. The molecule has 2 aliphatic heterocycles. The van der Waals surface area contributed by atoms with Crippen LogP contribution in [0, 0.1) is 5.92 Å². The van der Waals surface area contributed by atoms with Crippen molar-refractivity contribution in [3.05, 3.63) is 23.8 Å². The lowest BCUT2D eigenvalue weighted by Crippen LogP contribution is -2.30. The minimum absolute atomic E-state index is 0.385. The number of hydrogen-bond acceptors (Lipinski definition) is 4. The predicted molar refractivity (Wildman–Crippen MR) is 84.0 cm³/mol. The maximum absolute atomic E-state index is 12.4. The summed E-state index contributed by atoms with van der Waals surface area (Å²) in [6, 6.07) is 5.39. The molecule has 2 aliphatic rings. The van der Waals surface area contributed by atoms with E-state index >= 15 is 0 Å². The van der Waals surface area contributed by atoms with Crippen LogP contribution >= 0.6 is 0 Å². The van der Waals surface area contributed by atoms with Crippen LogP contribution in [-0.4, -0.2) is 46.5 Å². The number of benzene rings is 1. The van der Waals surface area contributed by atoms with Gasteiger partial charge < -0.3 is 10.2 Å². The minimum atomic E-state index is -3.40. The second-order valence-corrected chi connectivity index (χ2v) is 7.89. The maximum Gasteiger partial charge on any atom is 0.240 e. The minimum Gasteiger partial charge on any atom is -0.385 e. The molecule has 0 amide bonds. The van der Waals surface area contributed by atoms with E-state index in [0.717, 1.165) is 50.1 Å². The number of likely N-dealkylation sites (tertiary alicyclic amines) is 1. The van der Waals surface area contributed by atoms with Gasteiger partial charge in [-0.2, -0.15) is 0 Å². The van der Waals surface area contributed by atoms with Crippen LogP contribution < -0.4 is 10.0 Å². The highest BCUT2D eigenvalue weighted by atomic mass is 32.2. The van der Waals surface area contributed by atoms with Gasteiger partial charge in [0.1, 0.15) is 0 Å². The van der Waals surface area contributed by atoms with Gasteiger partial charge in [-0.05, 0) is 62.5 Å². The summed E-state index contributed by atoms with van der Waals surface area (Å²) >= 11 is 0. The first-order valence-corrected chi connectivity index (χ1v) is 9.08. The van der Waals surface area contributed by atoms with Gasteiger partial charge in [0.25, 0.3) is 0 Å². The first-order valence-electron chi connectivity index (χ1n) is 7.59. The molecule has 1 saturated heterocycles. The number of rotatable bonds is 4. The molecule has 1 atom stereocenters. The summed E-state index contributed by atoms with van der Waals surface area (Å²) in [6.07, 6.45) is 3.06. The zero-order chi connectivity index (χ0) is 14.9. The number of anilines is 1. The molecule has 0 aromatic heterocycles. The molecule has 6 heteroatoms. The smallest absolute Gasteiger partial charge is 0.240 e. The van der Waals surface area contributed by atoms with Crippen LogP contribution in [-0.2, 0) is 16.4 Å². The van der Waals surface area contributed by atoms with Crippen molar-refractivity contribution in [3.63, 3.8) is 0 Å². The summed E-state index contributed by atoms with van der Waals surface area (Å²) in [5.41, 5.74) is 2.17. The van der Waals surface area contributed by atoms with Gasteiger partial charge >= 0.3 is 0 Å². The van der Waals surface area contributed by atoms with E-state index in [-0.39, 0.29) is 0 Å². The average molecular weight is 309 g/mol. The third-order valence-corrected chi connectivity index (χ3v) is 5.80. The fourth-order valence-corrected chi connectivity index (χ4v) is 4.29. The van der Waals surface area contributed by atoms with Gasteiger partial charge in [-0.1, -0.05) is 0 Å². The van der Waals surface area contributed by atoms with Gasteiger partial charge in [0.15, 0.2) is 0 Å². The first-order chi connectivity index (χ1) is 10.0. The molecule has 2 N–H and O–H groups in total. The largest absolute Gasteiger partial charge is 0.385 e. The van der Waals surface area contributed by atoms with E-state index in [0.29, 0.717) is 17.4 Å². The number of sulfonamides is 1. The first kappa shape index (κ1) is 14.8. The van der Waals surface area contributed by atoms with Crippen LogP contribution in [0.4, 0.5) is 5.69 Å². The molecule has 1 fully saturated rings. The molecule has 5 nitrogen and oxygen atoms in total. The number of aryl methyl sites for hydroxylation is 1. The highest BCUT2D eigenvalue weighted by Crippen LogP contribution is 2.25. The summed E-state index contributed by atoms with van der Waals surface area (Å²) in [7, 11) is -1.32. The number of fused-ring (bicyclic) bond motifs is 1. The SMILES string of the molecule is CN1CCC(CNS(=O)(=O)c2ccc3c(c2)CCCN3)C1. The lowest BCUT2D eigenvalue weighted by molar-refractivity contribution is 0.394. The molecule has 0 spiro atoms. The Morgan fingerprint density at radius 1 is 1.43 bits per heavy atom. The molecular weight excluding hydrogens is 286 g/mol. The van der Waals surface area contributed by atoms with Crippen LogP contribution in [0.1, 0.15) is 18.4 Å². The van der Waals surface area contributed by atoms with Crippen molar-refractivity contribution in [3.8, 4) is 0 Å². The molecule has 1 unspecified atom stereocenters. The topological polar surface area (TPSA) is 61.4 Å². The molecular formula is C15H23N3O2S. The molecule has 21 heavy (non-hydrogen) atoms.